The Morgan fingerprint density at radius 2 is 1.42 bits per heavy atom. The summed E-state index contributed by atoms with van der Waals surface area (Å²) in [4.78, 5) is 5.31. The Labute approximate surface area is 76.0 Å². The monoisotopic (exact) mass is 171 g/mol. The summed E-state index contributed by atoms with van der Waals surface area (Å²) >= 11 is 0. The SMILES string of the molecule is C/C(=N/OC(C)(C)C)C(C)(C)C. The van der Waals surface area contributed by atoms with Gasteiger partial charge in [0.15, 0.2) is 0 Å². The zero-order chi connectivity index (χ0) is 9.99. The van der Waals surface area contributed by atoms with Crippen molar-refractivity contribution in [3.8, 4) is 0 Å². The highest BCUT2D eigenvalue weighted by molar-refractivity contribution is 5.86. The van der Waals surface area contributed by atoms with E-state index in [0.29, 0.717) is 0 Å². The van der Waals surface area contributed by atoms with Crippen LogP contribution in [-0.4, -0.2) is 11.3 Å². The van der Waals surface area contributed by atoms with Gasteiger partial charge in [0.2, 0.25) is 0 Å². The van der Waals surface area contributed by atoms with Crippen molar-refractivity contribution < 1.29 is 4.84 Å². The summed E-state index contributed by atoms with van der Waals surface area (Å²) in [6, 6.07) is 0. The van der Waals surface area contributed by atoms with Crippen LogP contribution >= 0.6 is 0 Å². The molecule has 72 valence electrons. The molecule has 0 bridgehead atoms. The van der Waals surface area contributed by atoms with Gasteiger partial charge in [0.25, 0.3) is 0 Å². The molecule has 0 aromatic heterocycles. The first kappa shape index (κ1) is 11.5. The summed E-state index contributed by atoms with van der Waals surface area (Å²) < 4.78 is 0. The number of nitrogens with zero attached hydrogens (tertiary/aromatic N) is 1. The second kappa shape index (κ2) is 3.46. The van der Waals surface area contributed by atoms with Crippen molar-refractivity contribution in [1.29, 1.82) is 0 Å². The maximum absolute atomic E-state index is 5.31. The van der Waals surface area contributed by atoms with E-state index in [1.807, 2.05) is 27.7 Å². The fourth-order valence-corrected chi connectivity index (χ4v) is 0.342. The van der Waals surface area contributed by atoms with Crippen LogP contribution in [0.5, 0.6) is 0 Å². The van der Waals surface area contributed by atoms with Crippen molar-refractivity contribution in [2.45, 2.75) is 54.1 Å². The molecule has 0 aliphatic carbocycles. The maximum Gasteiger partial charge on any atom is 0.129 e. The van der Waals surface area contributed by atoms with Gasteiger partial charge in [-0.2, -0.15) is 0 Å². The largest absolute Gasteiger partial charge is 0.390 e. The van der Waals surface area contributed by atoms with E-state index in [-0.39, 0.29) is 11.0 Å². The molecule has 0 saturated heterocycles. The first-order valence-electron chi connectivity index (χ1n) is 4.36. The van der Waals surface area contributed by atoms with Gasteiger partial charge in [-0.3, -0.25) is 0 Å². The summed E-state index contributed by atoms with van der Waals surface area (Å²) in [5.74, 6) is 0. The molecular formula is C10H21NO. The smallest absolute Gasteiger partial charge is 0.129 e. The van der Waals surface area contributed by atoms with Gasteiger partial charge in [-0.1, -0.05) is 25.9 Å². The van der Waals surface area contributed by atoms with Crippen molar-refractivity contribution in [3.05, 3.63) is 0 Å². The fraction of sp³-hybridized carbons (Fsp3) is 0.900. The van der Waals surface area contributed by atoms with Crippen molar-refractivity contribution >= 4 is 5.71 Å². The quantitative estimate of drug-likeness (QED) is 0.438. The zero-order valence-corrected chi connectivity index (χ0v) is 9.36. The number of hydrogen-bond acceptors (Lipinski definition) is 2. The lowest BCUT2D eigenvalue weighted by molar-refractivity contribution is -0.000550. The van der Waals surface area contributed by atoms with Crippen LogP contribution in [0.4, 0.5) is 0 Å². The van der Waals surface area contributed by atoms with E-state index in [1.165, 1.54) is 0 Å². The van der Waals surface area contributed by atoms with Gasteiger partial charge in [0.05, 0.1) is 5.71 Å². The topological polar surface area (TPSA) is 21.6 Å². The van der Waals surface area contributed by atoms with E-state index in [4.69, 9.17) is 4.84 Å². The van der Waals surface area contributed by atoms with Gasteiger partial charge in [-0.25, -0.2) is 0 Å². The summed E-state index contributed by atoms with van der Waals surface area (Å²) in [7, 11) is 0. The summed E-state index contributed by atoms with van der Waals surface area (Å²) in [6.45, 7) is 14.3. The molecule has 0 atom stereocenters. The van der Waals surface area contributed by atoms with Gasteiger partial charge in [-0.05, 0) is 27.7 Å². The highest BCUT2D eigenvalue weighted by Gasteiger charge is 2.17. The van der Waals surface area contributed by atoms with Crippen molar-refractivity contribution in [2.75, 3.05) is 0 Å². The minimum atomic E-state index is -0.188. The second-order valence-corrected chi connectivity index (χ2v) is 5.13. The van der Waals surface area contributed by atoms with Crippen molar-refractivity contribution in [3.63, 3.8) is 0 Å². The molecule has 2 nitrogen and oxygen atoms in total. The van der Waals surface area contributed by atoms with Crippen molar-refractivity contribution in [1.82, 2.24) is 0 Å². The van der Waals surface area contributed by atoms with Crippen LogP contribution in [0, 0.1) is 5.41 Å². The Bertz CT molecular complexity index is 169. The van der Waals surface area contributed by atoms with E-state index in [9.17, 15) is 0 Å². The average molecular weight is 171 g/mol. The normalized spacial score (nSPS) is 14.8. The molecule has 0 heterocycles. The van der Waals surface area contributed by atoms with E-state index in [0.717, 1.165) is 5.71 Å². The number of hydrogen-bond donors (Lipinski definition) is 0. The lowest BCUT2D eigenvalue weighted by Crippen LogP contribution is -2.21. The van der Waals surface area contributed by atoms with Gasteiger partial charge in [0.1, 0.15) is 5.60 Å². The van der Waals surface area contributed by atoms with Crippen molar-refractivity contribution in [2.24, 2.45) is 10.6 Å². The fourth-order valence-electron chi connectivity index (χ4n) is 0.342. The molecule has 0 saturated carbocycles. The highest BCUT2D eigenvalue weighted by Crippen LogP contribution is 2.17. The molecule has 12 heavy (non-hydrogen) atoms. The van der Waals surface area contributed by atoms with Crippen LogP contribution in [0.2, 0.25) is 0 Å². The minimum absolute atomic E-state index is 0.102. The molecular weight excluding hydrogens is 150 g/mol. The third kappa shape index (κ3) is 5.16. The molecule has 0 unspecified atom stereocenters. The molecule has 0 radical (unpaired) electrons. The lowest BCUT2D eigenvalue weighted by Gasteiger charge is -2.21. The zero-order valence-electron chi connectivity index (χ0n) is 9.36. The molecule has 0 aliphatic heterocycles. The van der Waals surface area contributed by atoms with Gasteiger partial charge in [0, 0.05) is 5.41 Å². The standard InChI is InChI=1S/C10H21NO/c1-8(9(2,3)4)11-12-10(5,6)7/h1-7H3/b11-8-. The Balaban J connectivity index is 4.21. The first-order chi connectivity index (χ1) is 5.13. The first-order valence-corrected chi connectivity index (χ1v) is 4.36. The predicted octanol–water partition coefficient (Wildman–Crippen LogP) is 3.22. The van der Waals surface area contributed by atoms with Gasteiger partial charge in [-0.15, -0.1) is 0 Å². The molecule has 0 rings (SSSR count). The molecule has 0 fully saturated rings. The van der Waals surface area contributed by atoms with Crippen LogP contribution in [0.25, 0.3) is 0 Å². The Hall–Kier alpha value is -0.530. The molecule has 0 aromatic rings. The number of oxime groups is 1. The molecule has 0 aromatic carbocycles. The molecule has 0 spiro atoms. The van der Waals surface area contributed by atoms with E-state index in [2.05, 4.69) is 25.9 Å². The highest BCUT2D eigenvalue weighted by atomic mass is 16.6. The van der Waals surface area contributed by atoms with Gasteiger partial charge >= 0.3 is 0 Å². The summed E-state index contributed by atoms with van der Waals surface area (Å²) in [5, 5.41) is 4.08. The minimum Gasteiger partial charge on any atom is -0.390 e. The Kier molecular flexibility index (Phi) is 3.31. The predicted molar refractivity (Wildman–Crippen MR) is 53.4 cm³/mol. The van der Waals surface area contributed by atoms with Crippen LogP contribution < -0.4 is 0 Å². The second-order valence-electron chi connectivity index (χ2n) is 5.13. The molecule has 0 aliphatic rings. The van der Waals surface area contributed by atoms with E-state index < -0.39 is 0 Å². The van der Waals surface area contributed by atoms with E-state index in [1.54, 1.807) is 0 Å². The Morgan fingerprint density at radius 1 is 1.00 bits per heavy atom. The lowest BCUT2D eigenvalue weighted by atomic mass is 9.91. The molecule has 2 heteroatoms. The average Bonchev–Trinajstić information content (AvgIpc) is 1.78. The van der Waals surface area contributed by atoms with Crippen LogP contribution in [-0.2, 0) is 4.84 Å². The van der Waals surface area contributed by atoms with Crippen LogP contribution in [0.1, 0.15) is 48.5 Å². The Morgan fingerprint density at radius 3 is 1.67 bits per heavy atom. The third-order valence-electron chi connectivity index (χ3n) is 1.54. The maximum atomic E-state index is 5.31. The van der Waals surface area contributed by atoms with E-state index >= 15 is 0 Å². The molecule has 0 N–H and O–H groups in total. The van der Waals surface area contributed by atoms with Crippen LogP contribution in [0.3, 0.4) is 0 Å². The number of rotatable bonds is 1. The van der Waals surface area contributed by atoms with Crippen LogP contribution in [0.15, 0.2) is 5.16 Å². The molecule has 0 amide bonds. The summed E-state index contributed by atoms with van der Waals surface area (Å²) in [5.41, 5.74) is 0.940. The summed E-state index contributed by atoms with van der Waals surface area (Å²) in [6.07, 6.45) is 0. The van der Waals surface area contributed by atoms with Gasteiger partial charge < -0.3 is 4.84 Å². The third-order valence-corrected chi connectivity index (χ3v) is 1.54.